The average molecular weight is 396 g/mol. The van der Waals surface area contributed by atoms with Gasteiger partial charge in [0.2, 0.25) is 0 Å². The number of rotatable bonds is 6. The summed E-state index contributed by atoms with van der Waals surface area (Å²) in [6.07, 6.45) is -0.434. The highest BCUT2D eigenvalue weighted by atomic mass is 31.2. The lowest BCUT2D eigenvalue weighted by molar-refractivity contribution is 0.274. The van der Waals surface area contributed by atoms with E-state index in [9.17, 15) is 18.9 Å². The van der Waals surface area contributed by atoms with Crippen LogP contribution in [0, 0.1) is 0 Å². The smallest absolute Gasteiger partial charge is 0.324 e. The molecule has 2 N–H and O–H groups in total. The van der Waals surface area contributed by atoms with Crippen molar-refractivity contribution >= 4 is 37.0 Å². The van der Waals surface area contributed by atoms with Gasteiger partial charge in [0, 0.05) is 25.0 Å². The average Bonchev–Trinajstić information content (AvgIpc) is 2.60. The van der Waals surface area contributed by atoms with Crippen molar-refractivity contribution in [3.05, 3.63) is 47.8 Å². The van der Waals surface area contributed by atoms with Crippen LogP contribution in [0.2, 0.25) is 0 Å². The Morgan fingerprint density at radius 3 is 1.65 bits per heavy atom. The molecular weight excluding hydrogens is 378 g/mol. The molecule has 0 unspecified atom stereocenters. The van der Waals surface area contributed by atoms with Gasteiger partial charge in [0.05, 0.1) is 34.7 Å². The second-order valence-electron chi connectivity index (χ2n) is 5.77. The van der Waals surface area contributed by atoms with Gasteiger partial charge in [-0.3, -0.25) is 9.13 Å². The summed E-state index contributed by atoms with van der Waals surface area (Å²) < 4.78 is 33.5. The van der Waals surface area contributed by atoms with Crippen molar-refractivity contribution in [1.82, 2.24) is 9.97 Å². The van der Waals surface area contributed by atoms with Crippen LogP contribution in [0.3, 0.4) is 0 Å². The second kappa shape index (κ2) is 7.16. The second-order valence-corrected chi connectivity index (χ2v) is 9.69. The molecule has 3 aromatic rings. The zero-order chi connectivity index (χ0) is 18.9. The first kappa shape index (κ1) is 19.1. The molecule has 0 fully saturated rings. The highest BCUT2D eigenvalue weighted by Crippen LogP contribution is 2.49. The van der Waals surface area contributed by atoms with Crippen LogP contribution in [0.1, 0.15) is 11.4 Å². The Hall–Kier alpha value is -1.66. The quantitative estimate of drug-likeness (QED) is 0.480. The minimum atomic E-state index is -4.22. The number of aromatic nitrogens is 2. The van der Waals surface area contributed by atoms with E-state index < -0.39 is 21.4 Å². The number of hydrogen-bond acceptors (Lipinski definition) is 6. The highest BCUT2D eigenvalue weighted by Gasteiger charge is 2.23. The molecule has 3 rings (SSSR count). The van der Waals surface area contributed by atoms with Gasteiger partial charge in [-0.1, -0.05) is 24.3 Å². The standard InChI is InChI=1S/C16H18N2O6P2/c1-23-26(22,24-2)10-14-8-6-12-4-3-11-5-7-13(9-25(19,20)21)17-15(11)16(12)18-14/h3-8H,9-10H2,1-2H3,(H2,19,20,21). The third-order valence-electron chi connectivity index (χ3n) is 3.91. The Morgan fingerprint density at radius 2 is 1.23 bits per heavy atom. The van der Waals surface area contributed by atoms with E-state index in [0.717, 1.165) is 10.8 Å². The Kier molecular flexibility index (Phi) is 5.26. The Morgan fingerprint density at radius 1 is 0.808 bits per heavy atom. The molecule has 0 aliphatic heterocycles. The van der Waals surface area contributed by atoms with Crippen molar-refractivity contribution in [2.24, 2.45) is 0 Å². The van der Waals surface area contributed by atoms with E-state index in [1.807, 2.05) is 18.2 Å². The fraction of sp³-hybridized carbons (Fsp3) is 0.250. The number of nitrogens with zero attached hydrogens (tertiary/aromatic N) is 2. The van der Waals surface area contributed by atoms with Crippen LogP contribution in [0.25, 0.3) is 21.8 Å². The van der Waals surface area contributed by atoms with Crippen LogP contribution in [0.15, 0.2) is 36.4 Å². The predicted molar refractivity (Wildman–Crippen MR) is 98.1 cm³/mol. The Balaban J connectivity index is 2.13. The molecule has 0 radical (unpaired) electrons. The molecule has 2 heterocycles. The monoisotopic (exact) mass is 396 g/mol. The summed E-state index contributed by atoms with van der Waals surface area (Å²) >= 11 is 0. The summed E-state index contributed by atoms with van der Waals surface area (Å²) in [6, 6.07) is 10.6. The summed E-state index contributed by atoms with van der Waals surface area (Å²) in [4.78, 5) is 27.3. The number of pyridine rings is 2. The van der Waals surface area contributed by atoms with E-state index in [0.29, 0.717) is 16.7 Å². The molecule has 0 atom stereocenters. The lowest BCUT2D eigenvalue weighted by Gasteiger charge is -2.13. The van der Waals surface area contributed by atoms with E-state index in [-0.39, 0.29) is 11.9 Å². The lowest BCUT2D eigenvalue weighted by atomic mass is 10.1. The fourth-order valence-electron chi connectivity index (χ4n) is 2.64. The van der Waals surface area contributed by atoms with Crippen molar-refractivity contribution in [2.75, 3.05) is 14.2 Å². The molecule has 0 saturated heterocycles. The number of benzene rings is 1. The fourth-order valence-corrected chi connectivity index (χ4v) is 4.22. The molecule has 138 valence electrons. The Bertz CT molecular complexity index is 1060. The van der Waals surface area contributed by atoms with Crippen molar-refractivity contribution in [3.8, 4) is 0 Å². The largest absolute Gasteiger partial charge is 0.336 e. The molecule has 0 spiro atoms. The van der Waals surface area contributed by atoms with Gasteiger partial charge in [0.15, 0.2) is 0 Å². The van der Waals surface area contributed by atoms with E-state index in [1.54, 1.807) is 18.2 Å². The van der Waals surface area contributed by atoms with Gasteiger partial charge in [0.25, 0.3) is 0 Å². The van der Waals surface area contributed by atoms with E-state index in [2.05, 4.69) is 9.97 Å². The molecule has 0 amide bonds. The Labute approximate surface area is 149 Å². The summed E-state index contributed by atoms with van der Waals surface area (Å²) in [5.74, 6) is 0. The van der Waals surface area contributed by atoms with Crippen LogP contribution in [0.4, 0.5) is 0 Å². The number of hydrogen-bond donors (Lipinski definition) is 2. The van der Waals surface area contributed by atoms with Crippen LogP contribution in [0.5, 0.6) is 0 Å². The van der Waals surface area contributed by atoms with Crippen molar-refractivity contribution in [3.63, 3.8) is 0 Å². The zero-order valence-corrected chi connectivity index (χ0v) is 16.0. The van der Waals surface area contributed by atoms with E-state index >= 15 is 0 Å². The first-order valence-corrected chi connectivity index (χ1v) is 11.2. The van der Waals surface area contributed by atoms with E-state index in [1.165, 1.54) is 14.2 Å². The highest BCUT2D eigenvalue weighted by molar-refractivity contribution is 7.53. The molecule has 10 heteroatoms. The molecule has 26 heavy (non-hydrogen) atoms. The van der Waals surface area contributed by atoms with Gasteiger partial charge < -0.3 is 18.8 Å². The first-order chi connectivity index (χ1) is 12.2. The molecule has 8 nitrogen and oxygen atoms in total. The zero-order valence-electron chi connectivity index (χ0n) is 14.2. The maximum absolute atomic E-state index is 12.3. The third-order valence-corrected chi connectivity index (χ3v) is 6.47. The topological polar surface area (TPSA) is 119 Å². The predicted octanol–water partition coefficient (Wildman–Crippen LogP) is 3.45. The summed E-state index contributed by atoms with van der Waals surface area (Å²) in [5, 5.41) is 1.60. The normalized spacial score (nSPS) is 12.8. The van der Waals surface area contributed by atoms with Crippen molar-refractivity contribution < 1.29 is 28.0 Å². The molecule has 0 bridgehead atoms. The third kappa shape index (κ3) is 4.18. The van der Waals surface area contributed by atoms with Gasteiger partial charge >= 0.3 is 15.2 Å². The molecular formula is C16H18N2O6P2. The van der Waals surface area contributed by atoms with Gasteiger partial charge in [-0.15, -0.1) is 0 Å². The summed E-state index contributed by atoms with van der Waals surface area (Å²) in [5.41, 5.74) is 1.88. The SMILES string of the molecule is COP(=O)(Cc1ccc2ccc3ccc(CP(=O)(O)O)nc3c2n1)OC. The van der Waals surface area contributed by atoms with Crippen molar-refractivity contribution in [1.29, 1.82) is 0 Å². The first-order valence-electron chi connectivity index (χ1n) is 7.66. The van der Waals surface area contributed by atoms with Gasteiger partial charge in [-0.05, 0) is 12.1 Å². The van der Waals surface area contributed by atoms with Crippen LogP contribution in [-0.2, 0) is 30.5 Å². The molecule has 0 saturated carbocycles. The summed E-state index contributed by atoms with van der Waals surface area (Å²) in [7, 11) is -4.86. The minimum absolute atomic E-state index is 0.00843. The van der Waals surface area contributed by atoms with Gasteiger partial charge in [0.1, 0.15) is 0 Å². The number of fused-ring (bicyclic) bond motifs is 3. The lowest BCUT2D eigenvalue weighted by Crippen LogP contribution is -1.98. The molecule has 2 aromatic heterocycles. The van der Waals surface area contributed by atoms with Crippen molar-refractivity contribution in [2.45, 2.75) is 12.3 Å². The van der Waals surface area contributed by atoms with Gasteiger partial charge in [-0.2, -0.15) is 0 Å². The molecule has 1 aromatic carbocycles. The molecule has 0 aliphatic rings. The maximum Gasteiger partial charge on any atom is 0.336 e. The van der Waals surface area contributed by atoms with Crippen LogP contribution >= 0.6 is 15.2 Å². The maximum atomic E-state index is 12.3. The summed E-state index contributed by atoms with van der Waals surface area (Å²) in [6.45, 7) is 0. The minimum Gasteiger partial charge on any atom is -0.324 e. The van der Waals surface area contributed by atoms with Crippen LogP contribution in [-0.4, -0.2) is 34.0 Å². The molecule has 0 aliphatic carbocycles. The van der Waals surface area contributed by atoms with Crippen LogP contribution < -0.4 is 0 Å². The van der Waals surface area contributed by atoms with E-state index in [4.69, 9.17) is 9.05 Å². The van der Waals surface area contributed by atoms with Gasteiger partial charge in [-0.25, -0.2) is 9.97 Å².